The molecule has 0 atom stereocenters. The van der Waals surface area contributed by atoms with E-state index in [9.17, 15) is 5.11 Å². The minimum atomic E-state index is -0.530. The average molecular weight is 163 g/mol. The molecule has 0 aliphatic heterocycles. The first-order valence-electron chi connectivity index (χ1n) is 3.47. The topological polar surface area (TPSA) is 44.7 Å². The molecule has 0 unspecified atom stereocenters. The molecule has 3 nitrogen and oxygen atoms in total. The summed E-state index contributed by atoms with van der Waals surface area (Å²) >= 11 is 0. The van der Waals surface area contributed by atoms with Gasteiger partial charge in [-0.3, -0.25) is 4.99 Å². The zero-order valence-corrected chi connectivity index (χ0v) is 8.26. The second-order valence-electron chi connectivity index (χ2n) is 3.11. The van der Waals surface area contributed by atoms with Crippen molar-refractivity contribution < 1.29 is 28.7 Å². The maximum absolute atomic E-state index is 10.8. The molecule has 0 aliphatic carbocycles. The Morgan fingerprint density at radius 3 is 2.42 bits per heavy atom. The Morgan fingerprint density at radius 1 is 1.58 bits per heavy atom. The van der Waals surface area contributed by atoms with Crippen molar-refractivity contribution in [3.63, 3.8) is 0 Å². The van der Waals surface area contributed by atoms with Gasteiger partial charge in [0.25, 0.3) is 0 Å². The van der Waals surface area contributed by atoms with Crippen LogP contribution in [0.5, 0.6) is 0 Å². The monoisotopic (exact) mass is 163 g/mol. The van der Waals surface area contributed by atoms with Crippen LogP contribution in [0.1, 0.15) is 20.8 Å². The van der Waals surface area contributed by atoms with E-state index < -0.39 is 11.7 Å². The zero-order valence-electron chi connectivity index (χ0n) is 8.26. The van der Waals surface area contributed by atoms with Crippen molar-refractivity contribution in [2.75, 3.05) is 6.54 Å². The fourth-order valence-electron chi connectivity index (χ4n) is 0.433. The van der Waals surface area contributed by atoms with Crippen molar-refractivity contribution in [2.24, 2.45) is 4.99 Å². The molecule has 0 aromatic carbocycles. The molecular weight excluding hydrogens is 149 g/mol. The summed E-state index contributed by atoms with van der Waals surface area (Å²) in [5.41, 5.74) is -0.457. The number of aliphatic imine (C=N–C) groups is 1. The van der Waals surface area contributed by atoms with E-state index in [4.69, 9.17) is 4.74 Å². The SMILES string of the molecule is C=CCN=C([O-])OC(C)(C)C.[Li+]. The summed E-state index contributed by atoms with van der Waals surface area (Å²) in [5, 5.41) is 10.8. The molecule has 64 valence electrons. The Hall–Kier alpha value is -0.393. The second-order valence-corrected chi connectivity index (χ2v) is 3.11. The molecule has 0 N–H and O–H groups in total. The Morgan fingerprint density at radius 2 is 2.08 bits per heavy atom. The third-order valence-electron chi connectivity index (χ3n) is 0.743. The van der Waals surface area contributed by atoms with Crippen molar-refractivity contribution in [1.29, 1.82) is 0 Å². The molecule has 0 aromatic heterocycles. The van der Waals surface area contributed by atoms with E-state index in [1.165, 1.54) is 0 Å². The van der Waals surface area contributed by atoms with Crippen molar-refractivity contribution in [2.45, 2.75) is 26.4 Å². The van der Waals surface area contributed by atoms with Gasteiger partial charge in [-0.2, -0.15) is 0 Å². The van der Waals surface area contributed by atoms with Gasteiger partial charge in [0.1, 0.15) is 6.08 Å². The van der Waals surface area contributed by atoms with Gasteiger partial charge in [0.05, 0.1) is 6.54 Å². The van der Waals surface area contributed by atoms with E-state index in [1.54, 1.807) is 26.8 Å². The van der Waals surface area contributed by atoms with E-state index in [-0.39, 0.29) is 18.9 Å². The number of ether oxygens (including phenoxy) is 1. The number of nitrogens with zero attached hydrogens (tertiary/aromatic N) is 1. The molecule has 0 rings (SSSR count). The van der Waals surface area contributed by atoms with Crippen LogP contribution in [0.4, 0.5) is 0 Å². The first-order valence-corrected chi connectivity index (χ1v) is 3.47. The second kappa shape index (κ2) is 6.16. The summed E-state index contributed by atoms with van der Waals surface area (Å²) in [6.07, 6.45) is 1.02. The Bertz CT molecular complexity index is 161. The van der Waals surface area contributed by atoms with Gasteiger partial charge in [-0.15, -0.1) is 6.58 Å². The standard InChI is InChI=1S/C8H15NO2.Li/c1-5-6-9-7(10)11-8(2,3)4;/h5H,1,6H2,2-4H3,(H,9,10);/q;+1/p-1. The number of hydrogen-bond donors (Lipinski definition) is 0. The fraction of sp³-hybridized carbons (Fsp3) is 0.625. The molecular formula is C8H14LiNO2. The van der Waals surface area contributed by atoms with Gasteiger partial charge < -0.3 is 9.84 Å². The molecule has 0 radical (unpaired) electrons. The molecule has 0 fully saturated rings. The minimum Gasteiger partial charge on any atom is -0.595 e. The van der Waals surface area contributed by atoms with Crippen molar-refractivity contribution in [3.8, 4) is 0 Å². The maximum atomic E-state index is 10.8. The molecule has 0 aliphatic rings. The van der Waals surface area contributed by atoms with Crippen LogP contribution in [0.3, 0.4) is 0 Å². The van der Waals surface area contributed by atoms with Gasteiger partial charge in [-0.05, 0) is 0 Å². The third-order valence-corrected chi connectivity index (χ3v) is 0.743. The van der Waals surface area contributed by atoms with Crippen LogP contribution in [0.25, 0.3) is 0 Å². The van der Waals surface area contributed by atoms with Crippen LogP contribution in [0.2, 0.25) is 0 Å². The summed E-state index contributed by atoms with van der Waals surface area (Å²) in [6.45, 7) is 9.14. The molecule has 0 aromatic rings. The van der Waals surface area contributed by atoms with Crippen LogP contribution in [-0.2, 0) is 4.74 Å². The van der Waals surface area contributed by atoms with Gasteiger partial charge in [0, 0.05) is 5.60 Å². The Kier molecular flexibility index (Phi) is 7.26. The largest absolute Gasteiger partial charge is 1.00 e. The van der Waals surface area contributed by atoms with Crippen LogP contribution < -0.4 is 24.0 Å². The smallest absolute Gasteiger partial charge is 0.595 e. The number of hydrogen-bond acceptors (Lipinski definition) is 3. The normalized spacial score (nSPS) is 11.8. The molecule has 0 spiro atoms. The van der Waals surface area contributed by atoms with Crippen molar-refractivity contribution in [1.82, 2.24) is 0 Å². The minimum absolute atomic E-state index is 0. The summed E-state index contributed by atoms with van der Waals surface area (Å²) < 4.78 is 4.89. The molecule has 0 heterocycles. The van der Waals surface area contributed by atoms with Crippen molar-refractivity contribution in [3.05, 3.63) is 12.7 Å². The van der Waals surface area contributed by atoms with Gasteiger partial charge >= 0.3 is 18.9 Å². The van der Waals surface area contributed by atoms with Gasteiger partial charge in [0.2, 0.25) is 0 Å². The summed E-state index contributed by atoms with van der Waals surface area (Å²) in [5.74, 6) is 0. The molecule has 0 amide bonds. The van der Waals surface area contributed by atoms with Gasteiger partial charge in [-0.1, -0.05) is 26.8 Å². The van der Waals surface area contributed by atoms with E-state index in [0.717, 1.165) is 0 Å². The quantitative estimate of drug-likeness (QED) is 0.199. The molecule has 4 heteroatoms. The first-order chi connectivity index (χ1) is 4.95. The van der Waals surface area contributed by atoms with Crippen LogP contribution >= 0.6 is 0 Å². The average Bonchev–Trinajstić information content (AvgIpc) is 1.79. The summed E-state index contributed by atoms with van der Waals surface area (Å²) in [4.78, 5) is 3.55. The van der Waals surface area contributed by atoms with Crippen LogP contribution in [0, 0.1) is 0 Å². The number of rotatable bonds is 2. The Labute approximate surface area is 85.7 Å². The van der Waals surface area contributed by atoms with Crippen molar-refractivity contribution >= 4 is 6.08 Å². The predicted molar refractivity (Wildman–Crippen MR) is 43.3 cm³/mol. The summed E-state index contributed by atoms with van der Waals surface area (Å²) in [7, 11) is 0. The Balaban J connectivity index is 0. The predicted octanol–water partition coefficient (Wildman–Crippen LogP) is -2.29. The zero-order chi connectivity index (χ0) is 8.91. The van der Waals surface area contributed by atoms with Gasteiger partial charge in [-0.25, -0.2) is 0 Å². The van der Waals surface area contributed by atoms with E-state index >= 15 is 0 Å². The third kappa shape index (κ3) is 9.61. The molecule has 0 saturated carbocycles. The first kappa shape index (κ1) is 14.1. The van der Waals surface area contributed by atoms with E-state index in [0.29, 0.717) is 6.54 Å². The van der Waals surface area contributed by atoms with Crippen LogP contribution in [0.15, 0.2) is 17.6 Å². The van der Waals surface area contributed by atoms with E-state index in [2.05, 4.69) is 11.6 Å². The van der Waals surface area contributed by atoms with Crippen LogP contribution in [-0.4, -0.2) is 18.2 Å². The fourth-order valence-corrected chi connectivity index (χ4v) is 0.433. The molecule has 0 bridgehead atoms. The molecule has 12 heavy (non-hydrogen) atoms. The molecule has 0 saturated heterocycles. The van der Waals surface area contributed by atoms with E-state index in [1.807, 2.05) is 0 Å². The summed E-state index contributed by atoms with van der Waals surface area (Å²) in [6, 6.07) is 0. The maximum Gasteiger partial charge on any atom is 1.00 e. The van der Waals surface area contributed by atoms with Gasteiger partial charge in [0.15, 0.2) is 0 Å².